The van der Waals surface area contributed by atoms with E-state index in [2.05, 4.69) is 22.5 Å². The van der Waals surface area contributed by atoms with Crippen LogP contribution in [-0.4, -0.2) is 35.3 Å². The molecular formula is C27H30N4O3S. The lowest BCUT2D eigenvalue weighted by Crippen LogP contribution is -2.49. The van der Waals surface area contributed by atoms with Gasteiger partial charge in [-0.1, -0.05) is 38.0 Å². The van der Waals surface area contributed by atoms with Crippen molar-refractivity contribution in [3.05, 3.63) is 82.3 Å². The number of pyridine rings is 1. The number of benzene rings is 1. The van der Waals surface area contributed by atoms with Crippen LogP contribution in [0.4, 0.5) is 5.69 Å². The third-order valence-electron chi connectivity index (χ3n) is 6.27. The second kappa shape index (κ2) is 11.8. The molecule has 0 bridgehead atoms. The van der Waals surface area contributed by atoms with E-state index >= 15 is 0 Å². The van der Waals surface area contributed by atoms with Crippen molar-refractivity contribution in [1.29, 1.82) is 0 Å². The summed E-state index contributed by atoms with van der Waals surface area (Å²) in [5.74, 6) is -0.923. The van der Waals surface area contributed by atoms with Gasteiger partial charge in [0.05, 0.1) is 11.4 Å². The van der Waals surface area contributed by atoms with Crippen LogP contribution in [0.15, 0.2) is 66.3 Å². The summed E-state index contributed by atoms with van der Waals surface area (Å²) >= 11 is 1.31. The van der Waals surface area contributed by atoms with Gasteiger partial charge in [0.15, 0.2) is 0 Å². The van der Waals surface area contributed by atoms with E-state index in [1.54, 1.807) is 36.7 Å². The fraction of sp³-hybridized carbons (Fsp3) is 0.333. The molecule has 1 aliphatic carbocycles. The largest absolute Gasteiger partial charge is 0.351 e. The lowest BCUT2D eigenvalue weighted by Gasteiger charge is -2.32. The fourth-order valence-corrected chi connectivity index (χ4v) is 5.02. The molecule has 0 radical (unpaired) electrons. The van der Waals surface area contributed by atoms with E-state index < -0.39 is 6.04 Å². The molecule has 0 spiro atoms. The highest BCUT2D eigenvalue weighted by Crippen LogP contribution is 2.29. The number of aryl methyl sites for hydroxylation is 1. The Hall–Kier alpha value is -3.52. The topological polar surface area (TPSA) is 91.4 Å². The zero-order valence-electron chi connectivity index (χ0n) is 19.8. The molecule has 0 saturated heterocycles. The van der Waals surface area contributed by atoms with E-state index in [0.717, 1.165) is 37.7 Å². The van der Waals surface area contributed by atoms with Crippen LogP contribution in [0.3, 0.4) is 0 Å². The Morgan fingerprint density at radius 2 is 1.77 bits per heavy atom. The number of amides is 3. The Labute approximate surface area is 209 Å². The van der Waals surface area contributed by atoms with Crippen molar-refractivity contribution >= 4 is 34.7 Å². The smallest absolute Gasteiger partial charge is 0.261 e. The number of hydrogen-bond acceptors (Lipinski definition) is 5. The number of carbonyl (C=O) groups excluding carboxylic acids is 3. The van der Waals surface area contributed by atoms with Crippen LogP contribution in [-0.2, 0) is 16.0 Å². The normalized spacial score (nSPS) is 14.3. The summed E-state index contributed by atoms with van der Waals surface area (Å²) in [7, 11) is 0. The molecule has 182 valence electrons. The number of rotatable bonds is 9. The number of hydrogen-bond donors (Lipinski definition) is 2. The summed E-state index contributed by atoms with van der Waals surface area (Å²) in [4.78, 5) is 45.9. The van der Waals surface area contributed by atoms with E-state index in [4.69, 9.17) is 0 Å². The lowest BCUT2D eigenvalue weighted by molar-refractivity contribution is -0.126. The quantitative estimate of drug-likeness (QED) is 0.469. The van der Waals surface area contributed by atoms with Crippen LogP contribution < -0.4 is 15.5 Å². The van der Waals surface area contributed by atoms with Crippen molar-refractivity contribution in [3.8, 4) is 0 Å². The zero-order chi connectivity index (χ0) is 24.6. The Morgan fingerprint density at radius 1 is 1.06 bits per heavy atom. The van der Waals surface area contributed by atoms with Crippen LogP contribution >= 0.6 is 11.3 Å². The van der Waals surface area contributed by atoms with E-state index in [1.165, 1.54) is 16.2 Å². The van der Waals surface area contributed by atoms with Crippen LogP contribution in [0.25, 0.3) is 0 Å². The minimum atomic E-state index is -0.891. The molecule has 1 aliphatic rings. The van der Waals surface area contributed by atoms with E-state index in [9.17, 15) is 14.4 Å². The summed E-state index contributed by atoms with van der Waals surface area (Å²) in [5, 5.41) is 7.68. The highest BCUT2D eigenvalue weighted by Gasteiger charge is 2.34. The average molecular weight is 491 g/mol. The molecule has 2 N–H and O–H groups in total. The fourth-order valence-electron chi connectivity index (χ4n) is 4.38. The highest BCUT2D eigenvalue weighted by molar-refractivity contribution is 7.12. The standard InChI is InChI=1S/C27H30N4O3S/c1-2-19-9-11-22(12-10-19)31(24(32)18-29-26(33)23-8-5-17-35-23)25(20-13-15-28-16-14-20)27(34)30-21-6-3-4-7-21/h5,8-17,21,25H,2-4,6-7,18H2,1H3,(H,29,33)(H,30,34)/t25-/m0/s1. The first-order valence-corrected chi connectivity index (χ1v) is 12.9. The molecule has 0 aliphatic heterocycles. The molecule has 1 fully saturated rings. The molecule has 1 saturated carbocycles. The first-order valence-electron chi connectivity index (χ1n) is 12.0. The number of nitrogens with zero attached hydrogens (tertiary/aromatic N) is 2. The Morgan fingerprint density at radius 3 is 2.40 bits per heavy atom. The molecular weight excluding hydrogens is 460 g/mol. The number of aromatic nitrogens is 1. The maximum atomic E-state index is 13.7. The van der Waals surface area contributed by atoms with Crippen LogP contribution in [0.2, 0.25) is 0 Å². The third kappa shape index (κ3) is 6.14. The number of thiophene rings is 1. The second-order valence-electron chi connectivity index (χ2n) is 8.62. The lowest BCUT2D eigenvalue weighted by atomic mass is 10.0. The highest BCUT2D eigenvalue weighted by atomic mass is 32.1. The van der Waals surface area contributed by atoms with Crippen LogP contribution in [0.5, 0.6) is 0 Å². The van der Waals surface area contributed by atoms with Gasteiger partial charge in [0.1, 0.15) is 6.04 Å². The second-order valence-corrected chi connectivity index (χ2v) is 9.56. The maximum absolute atomic E-state index is 13.7. The predicted molar refractivity (Wildman–Crippen MR) is 137 cm³/mol. The minimum absolute atomic E-state index is 0.102. The van der Waals surface area contributed by atoms with Crippen molar-refractivity contribution in [2.75, 3.05) is 11.4 Å². The predicted octanol–water partition coefficient (Wildman–Crippen LogP) is 4.27. The van der Waals surface area contributed by atoms with E-state index in [-0.39, 0.29) is 30.3 Å². The van der Waals surface area contributed by atoms with Crippen LogP contribution in [0.1, 0.15) is 59.4 Å². The monoisotopic (exact) mass is 490 g/mol. The number of anilines is 1. The summed E-state index contributed by atoms with van der Waals surface area (Å²) in [6, 6.07) is 13.8. The molecule has 1 atom stereocenters. The van der Waals surface area contributed by atoms with Gasteiger partial charge >= 0.3 is 0 Å². The average Bonchev–Trinajstić information content (AvgIpc) is 3.61. The first-order chi connectivity index (χ1) is 17.1. The molecule has 35 heavy (non-hydrogen) atoms. The zero-order valence-corrected chi connectivity index (χ0v) is 20.6. The Bertz CT molecular complexity index is 1130. The Kier molecular flexibility index (Phi) is 8.26. The maximum Gasteiger partial charge on any atom is 0.261 e. The molecule has 3 aromatic rings. The van der Waals surface area contributed by atoms with Gasteiger partial charge in [0.2, 0.25) is 11.8 Å². The number of nitrogens with one attached hydrogen (secondary N) is 2. The molecule has 0 unspecified atom stereocenters. The van der Waals surface area contributed by atoms with Crippen molar-refractivity contribution in [2.45, 2.75) is 51.1 Å². The third-order valence-corrected chi connectivity index (χ3v) is 7.14. The summed E-state index contributed by atoms with van der Waals surface area (Å²) in [6.07, 6.45) is 8.14. The first kappa shape index (κ1) is 24.6. The molecule has 2 heterocycles. The van der Waals surface area contributed by atoms with Gasteiger partial charge < -0.3 is 10.6 Å². The van der Waals surface area contributed by atoms with Gasteiger partial charge in [-0.2, -0.15) is 0 Å². The van der Waals surface area contributed by atoms with Crippen molar-refractivity contribution < 1.29 is 14.4 Å². The van der Waals surface area contributed by atoms with Crippen molar-refractivity contribution in [3.63, 3.8) is 0 Å². The SMILES string of the molecule is CCc1ccc(N(C(=O)CNC(=O)c2cccs2)[C@H](C(=O)NC2CCCC2)c2ccncc2)cc1. The van der Waals surface area contributed by atoms with Gasteiger partial charge in [0, 0.05) is 24.1 Å². The molecule has 2 aromatic heterocycles. The number of carbonyl (C=O) groups is 3. The van der Waals surface area contributed by atoms with E-state index in [0.29, 0.717) is 16.1 Å². The molecule has 1 aromatic carbocycles. The molecule has 3 amide bonds. The van der Waals surface area contributed by atoms with Crippen molar-refractivity contribution in [2.24, 2.45) is 0 Å². The van der Waals surface area contributed by atoms with Gasteiger partial charge in [-0.3, -0.25) is 24.3 Å². The van der Waals surface area contributed by atoms with Gasteiger partial charge in [-0.15, -0.1) is 11.3 Å². The van der Waals surface area contributed by atoms with E-state index in [1.807, 2.05) is 29.6 Å². The molecule has 8 heteroatoms. The van der Waals surface area contributed by atoms with Crippen molar-refractivity contribution in [1.82, 2.24) is 15.6 Å². The summed E-state index contributed by atoms with van der Waals surface area (Å²) in [6.45, 7) is 1.83. The Balaban J connectivity index is 1.66. The summed E-state index contributed by atoms with van der Waals surface area (Å²) < 4.78 is 0. The van der Waals surface area contributed by atoms with Gasteiger partial charge in [0.25, 0.3) is 5.91 Å². The van der Waals surface area contributed by atoms with Crippen LogP contribution in [0, 0.1) is 0 Å². The van der Waals surface area contributed by atoms with Gasteiger partial charge in [-0.05, 0) is 66.1 Å². The molecule has 4 rings (SSSR count). The van der Waals surface area contributed by atoms with Gasteiger partial charge in [-0.25, -0.2) is 0 Å². The minimum Gasteiger partial charge on any atom is -0.351 e. The molecule has 7 nitrogen and oxygen atoms in total. The summed E-state index contributed by atoms with van der Waals surface area (Å²) in [5.41, 5.74) is 2.39.